The molecule has 1 aromatic rings. The SMILES string of the molecule is Cc1nc2n(n1)C[C@H](NC(=O)NCCOCC(F)F)CC2. The van der Waals surface area contributed by atoms with Gasteiger partial charge in [0.25, 0.3) is 6.43 Å². The van der Waals surface area contributed by atoms with Gasteiger partial charge in [0.15, 0.2) is 0 Å². The normalized spacial score (nSPS) is 17.6. The molecule has 0 bridgehead atoms. The van der Waals surface area contributed by atoms with Crippen molar-refractivity contribution in [2.24, 2.45) is 0 Å². The molecule has 21 heavy (non-hydrogen) atoms. The van der Waals surface area contributed by atoms with Gasteiger partial charge < -0.3 is 15.4 Å². The van der Waals surface area contributed by atoms with Crippen LogP contribution in [0.2, 0.25) is 0 Å². The number of rotatable bonds is 6. The Hall–Kier alpha value is -1.77. The summed E-state index contributed by atoms with van der Waals surface area (Å²) in [5.74, 6) is 1.66. The molecule has 1 atom stereocenters. The Kier molecular flexibility index (Phi) is 5.43. The number of aromatic nitrogens is 3. The molecule has 0 radical (unpaired) electrons. The third kappa shape index (κ3) is 4.92. The number of nitrogens with one attached hydrogen (secondary N) is 2. The van der Waals surface area contributed by atoms with Crippen LogP contribution in [0.3, 0.4) is 0 Å². The van der Waals surface area contributed by atoms with Crippen LogP contribution in [0.15, 0.2) is 0 Å². The fraction of sp³-hybridized carbons (Fsp3) is 0.750. The van der Waals surface area contributed by atoms with Crippen molar-refractivity contribution in [3.63, 3.8) is 0 Å². The first kappa shape index (κ1) is 15.6. The topological polar surface area (TPSA) is 81.1 Å². The van der Waals surface area contributed by atoms with Gasteiger partial charge in [-0.25, -0.2) is 23.2 Å². The zero-order valence-corrected chi connectivity index (χ0v) is 11.8. The van der Waals surface area contributed by atoms with Crippen molar-refractivity contribution in [2.75, 3.05) is 19.8 Å². The molecule has 0 saturated heterocycles. The zero-order valence-electron chi connectivity index (χ0n) is 11.8. The maximum atomic E-state index is 11.8. The number of carbonyl (C=O) groups excluding carboxylic acids is 1. The first-order chi connectivity index (χ1) is 10.0. The minimum atomic E-state index is -2.48. The molecule has 9 heteroatoms. The van der Waals surface area contributed by atoms with Crippen molar-refractivity contribution in [1.82, 2.24) is 25.4 Å². The Morgan fingerprint density at radius 3 is 3.14 bits per heavy atom. The van der Waals surface area contributed by atoms with Crippen molar-refractivity contribution < 1.29 is 18.3 Å². The second-order valence-electron chi connectivity index (χ2n) is 4.86. The van der Waals surface area contributed by atoms with Gasteiger partial charge in [-0.15, -0.1) is 0 Å². The molecular weight excluding hydrogens is 284 g/mol. The molecular formula is C12H19F2N5O2. The molecule has 1 aliphatic heterocycles. The molecule has 2 rings (SSSR count). The van der Waals surface area contributed by atoms with Gasteiger partial charge in [-0.3, -0.25) is 0 Å². The summed E-state index contributed by atoms with van der Waals surface area (Å²) in [7, 11) is 0. The van der Waals surface area contributed by atoms with Crippen molar-refractivity contribution >= 4 is 6.03 Å². The Balaban J connectivity index is 1.65. The third-order valence-corrected chi connectivity index (χ3v) is 3.07. The van der Waals surface area contributed by atoms with Crippen molar-refractivity contribution in [3.05, 3.63) is 11.6 Å². The van der Waals surface area contributed by atoms with E-state index >= 15 is 0 Å². The summed E-state index contributed by atoms with van der Waals surface area (Å²) in [5, 5.41) is 9.65. The largest absolute Gasteiger partial charge is 0.374 e. The number of alkyl halides is 2. The number of amides is 2. The summed E-state index contributed by atoms with van der Waals surface area (Å²) in [4.78, 5) is 15.9. The molecule has 1 aromatic heterocycles. The van der Waals surface area contributed by atoms with Crippen molar-refractivity contribution in [3.8, 4) is 0 Å². The number of halogens is 2. The molecule has 0 unspecified atom stereocenters. The van der Waals surface area contributed by atoms with Crippen LogP contribution in [-0.4, -0.2) is 53.0 Å². The summed E-state index contributed by atoms with van der Waals surface area (Å²) in [6.45, 7) is 2.07. The molecule has 2 N–H and O–H groups in total. The lowest BCUT2D eigenvalue weighted by atomic mass is 10.1. The number of hydrogen-bond donors (Lipinski definition) is 2. The highest BCUT2D eigenvalue weighted by Crippen LogP contribution is 2.12. The first-order valence-electron chi connectivity index (χ1n) is 6.85. The van der Waals surface area contributed by atoms with Crippen LogP contribution in [0.25, 0.3) is 0 Å². The van der Waals surface area contributed by atoms with Gasteiger partial charge >= 0.3 is 6.03 Å². The van der Waals surface area contributed by atoms with Gasteiger partial charge in [-0.2, -0.15) is 5.10 Å². The third-order valence-electron chi connectivity index (χ3n) is 3.07. The van der Waals surface area contributed by atoms with E-state index in [-0.39, 0.29) is 25.2 Å². The number of ether oxygens (including phenoxy) is 1. The second kappa shape index (κ2) is 7.30. The number of nitrogens with zero attached hydrogens (tertiary/aromatic N) is 3. The minimum Gasteiger partial charge on any atom is -0.374 e. The van der Waals surface area contributed by atoms with Crippen LogP contribution in [0.5, 0.6) is 0 Å². The van der Waals surface area contributed by atoms with Gasteiger partial charge in [0.1, 0.15) is 18.3 Å². The summed E-state index contributed by atoms with van der Waals surface area (Å²) >= 11 is 0. The molecule has 7 nitrogen and oxygen atoms in total. The highest BCUT2D eigenvalue weighted by Gasteiger charge is 2.21. The summed E-state index contributed by atoms with van der Waals surface area (Å²) in [5.41, 5.74) is 0. The summed E-state index contributed by atoms with van der Waals surface area (Å²) in [6, 6.07) is -0.346. The number of fused-ring (bicyclic) bond motifs is 1. The number of hydrogen-bond acceptors (Lipinski definition) is 4. The van der Waals surface area contributed by atoms with E-state index in [0.29, 0.717) is 6.54 Å². The lowest BCUT2D eigenvalue weighted by Gasteiger charge is -2.23. The van der Waals surface area contributed by atoms with E-state index in [1.165, 1.54) is 0 Å². The number of aryl methyl sites for hydroxylation is 2. The highest BCUT2D eigenvalue weighted by atomic mass is 19.3. The smallest absolute Gasteiger partial charge is 0.315 e. The predicted molar refractivity (Wildman–Crippen MR) is 70.2 cm³/mol. The number of urea groups is 1. The summed E-state index contributed by atoms with van der Waals surface area (Å²) < 4.78 is 30.1. The van der Waals surface area contributed by atoms with E-state index in [9.17, 15) is 13.6 Å². The second-order valence-corrected chi connectivity index (χ2v) is 4.86. The van der Waals surface area contributed by atoms with E-state index in [1.54, 1.807) is 4.68 Å². The van der Waals surface area contributed by atoms with Crippen LogP contribution in [0, 0.1) is 6.92 Å². The molecule has 2 heterocycles. The summed E-state index contributed by atoms with van der Waals surface area (Å²) in [6.07, 6.45) is -0.919. The Bertz CT molecular complexity index is 480. The first-order valence-corrected chi connectivity index (χ1v) is 6.85. The molecule has 118 valence electrons. The molecule has 1 aliphatic rings. The van der Waals surface area contributed by atoms with Crippen LogP contribution < -0.4 is 10.6 Å². The van der Waals surface area contributed by atoms with E-state index in [4.69, 9.17) is 0 Å². The van der Waals surface area contributed by atoms with Crippen LogP contribution in [0.1, 0.15) is 18.1 Å². The molecule has 0 aromatic carbocycles. The van der Waals surface area contributed by atoms with E-state index in [2.05, 4.69) is 25.5 Å². The van der Waals surface area contributed by atoms with Gasteiger partial charge in [-0.1, -0.05) is 0 Å². The molecule has 0 fully saturated rings. The lowest BCUT2D eigenvalue weighted by molar-refractivity contribution is 0.0193. The van der Waals surface area contributed by atoms with Gasteiger partial charge in [0.05, 0.1) is 19.2 Å². The number of carbonyl (C=O) groups is 1. The fourth-order valence-corrected chi connectivity index (χ4v) is 2.20. The van der Waals surface area contributed by atoms with Gasteiger partial charge in [0.2, 0.25) is 0 Å². The van der Waals surface area contributed by atoms with E-state index in [0.717, 1.165) is 24.5 Å². The maximum Gasteiger partial charge on any atom is 0.315 e. The Labute approximate surface area is 121 Å². The minimum absolute atomic E-state index is 0.0133. The quantitative estimate of drug-likeness (QED) is 0.749. The monoisotopic (exact) mass is 303 g/mol. The molecule has 0 aliphatic carbocycles. The average Bonchev–Trinajstić information content (AvgIpc) is 2.77. The van der Waals surface area contributed by atoms with Crippen molar-refractivity contribution in [1.29, 1.82) is 0 Å². The van der Waals surface area contributed by atoms with Crippen molar-refractivity contribution in [2.45, 2.75) is 38.8 Å². The van der Waals surface area contributed by atoms with Gasteiger partial charge in [-0.05, 0) is 13.3 Å². The highest BCUT2D eigenvalue weighted by molar-refractivity contribution is 5.74. The Morgan fingerprint density at radius 1 is 1.57 bits per heavy atom. The van der Waals surface area contributed by atoms with Crippen LogP contribution in [-0.2, 0) is 17.7 Å². The van der Waals surface area contributed by atoms with Crippen LogP contribution in [0.4, 0.5) is 13.6 Å². The molecule has 0 spiro atoms. The zero-order chi connectivity index (χ0) is 15.2. The Morgan fingerprint density at radius 2 is 2.38 bits per heavy atom. The molecule has 0 saturated carbocycles. The average molecular weight is 303 g/mol. The maximum absolute atomic E-state index is 11.8. The van der Waals surface area contributed by atoms with Gasteiger partial charge in [0, 0.05) is 13.0 Å². The predicted octanol–water partition coefficient (Wildman–Crippen LogP) is 0.482. The van der Waals surface area contributed by atoms with E-state index < -0.39 is 13.0 Å². The molecule has 2 amide bonds. The lowest BCUT2D eigenvalue weighted by Crippen LogP contribution is -2.46. The standard InChI is InChI=1S/C12H19F2N5O2/c1-8-16-11-3-2-9(6-19(11)18-8)17-12(20)15-4-5-21-7-10(13)14/h9-10H,2-7H2,1H3,(H2,15,17,20)/t9-/m1/s1. The van der Waals surface area contributed by atoms with E-state index in [1.807, 2.05) is 6.92 Å². The fourth-order valence-electron chi connectivity index (χ4n) is 2.20. The van der Waals surface area contributed by atoms with Crippen LogP contribution >= 0.6 is 0 Å².